The van der Waals surface area contributed by atoms with Crippen LogP contribution in [0.3, 0.4) is 0 Å². The number of imide groups is 1. The molecule has 0 radical (unpaired) electrons. The van der Waals surface area contributed by atoms with Crippen LogP contribution in [0.1, 0.15) is 24.5 Å². The van der Waals surface area contributed by atoms with Gasteiger partial charge in [-0.2, -0.15) is 0 Å². The second-order valence-electron chi connectivity index (χ2n) is 5.94. The van der Waals surface area contributed by atoms with Crippen LogP contribution in [-0.2, 0) is 9.59 Å². The molecule has 0 atom stereocenters. The fourth-order valence-corrected chi connectivity index (χ4v) is 3.28. The van der Waals surface area contributed by atoms with Crippen molar-refractivity contribution in [2.24, 2.45) is 0 Å². The topological polar surface area (TPSA) is 46.6 Å². The number of hydrogen-bond acceptors (Lipinski definition) is 3. The van der Waals surface area contributed by atoms with Gasteiger partial charge in [-0.3, -0.25) is 9.59 Å². The second-order valence-corrected chi connectivity index (χ2v) is 6.75. The number of anilines is 1. The molecule has 4 nitrogen and oxygen atoms in total. The largest absolute Gasteiger partial charge is 0.494 e. The van der Waals surface area contributed by atoms with Crippen molar-refractivity contribution in [1.82, 2.24) is 0 Å². The first kappa shape index (κ1) is 18.5. The van der Waals surface area contributed by atoms with Gasteiger partial charge >= 0.3 is 0 Å². The molecule has 1 aliphatic rings. The molecule has 0 saturated carbocycles. The highest BCUT2D eigenvalue weighted by Crippen LogP contribution is 2.37. The van der Waals surface area contributed by atoms with Crippen molar-refractivity contribution < 1.29 is 14.3 Å². The molecule has 3 rings (SSSR count). The van der Waals surface area contributed by atoms with Gasteiger partial charge in [0.2, 0.25) is 0 Å². The maximum atomic E-state index is 12.9. The highest BCUT2D eigenvalue weighted by molar-refractivity contribution is 6.60. The molecule has 1 heterocycles. The van der Waals surface area contributed by atoms with Crippen molar-refractivity contribution >= 4 is 46.3 Å². The second kappa shape index (κ2) is 7.52. The van der Waals surface area contributed by atoms with E-state index in [0.717, 1.165) is 11.3 Å². The molecular weight excluding hydrogens is 373 g/mol. The van der Waals surface area contributed by atoms with Crippen LogP contribution in [0.15, 0.2) is 47.5 Å². The van der Waals surface area contributed by atoms with Crippen LogP contribution in [0.25, 0.3) is 5.57 Å². The monoisotopic (exact) mass is 389 g/mol. The minimum atomic E-state index is -0.539. The van der Waals surface area contributed by atoms with E-state index < -0.39 is 11.8 Å². The van der Waals surface area contributed by atoms with Gasteiger partial charge < -0.3 is 4.74 Å². The Morgan fingerprint density at radius 2 is 1.69 bits per heavy atom. The minimum Gasteiger partial charge on any atom is -0.494 e. The highest BCUT2D eigenvalue weighted by Gasteiger charge is 2.39. The Hall–Kier alpha value is -2.30. The number of carbonyl (C=O) groups is 2. The molecule has 2 aromatic carbocycles. The lowest BCUT2D eigenvalue weighted by Gasteiger charge is -2.17. The fourth-order valence-electron chi connectivity index (χ4n) is 2.78. The van der Waals surface area contributed by atoms with Crippen molar-refractivity contribution in [1.29, 1.82) is 0 Å². The molecule has 26 heavy (non-hydrogen) atoms. The fraction of sp³-hybridized carbons (Fsp3) is 0.200. The normalized spacial score (nSPS) is 14.4. The zero-order chi connectivity index (χ0) is 18.8. The van der Waals surface area contributed by atoms with E-state index >= 15 is 0 Å². The number of amides is 2. The average molecular weight is 390 g/mol. The molecule has 2 aromatic rings. The molecule has 0 aromatic heterocycles. The standard InChI is InChI=1S/C20H17Cl2NO3/c1-3-10-26-15-7-4-13(5-8-15)17-18(22)20(25)23(19(17)24)16-9-6-14(21)11-12(16)2/h4-9,11H,3,10H2,1-2H3. The Morgan fingerprint density at radius 3 is 2.31 bits per heavy atom. The van der Waals surface area contributed by atoms with E-state index in [0.29, 0.717) is 34.2 Å². The van der Waals surface area contributed by atoms with Gasteiger partial charge in [0, 0.05) is 5.02 Å². The summed E-state index contributed by atoms with van der Waals surface area (Å²) in [6.07, 6.45) is 0.904. The molecule has 6 heteroatoms. The lowest BCUT2D eigenvalue weighted by Crippen LogP contribution is -2.31. The van der Waals surface area contributed by atoms with Crippen molar-refractivity contribution in [3.8, 4) is 5.75 Å². The van der Waals surface area contributed by atoms with Gasteiger partial charge in [0.05, 0.1) is 17.9 Å². The summed E-state index contributed by atoms with van der Waals surface area (Å²) in [5.74, 6) is -0.287. The van der Waals surface area contributed by atoms with Gasteiger partial charge in [-0.25, -0.2) is 4.90 Å². The Labute approximate surface area is 162 Å². The number of ether oxygens (including phenoxy) is 1. The quantitative estimate of drug-likeness (QED) is 0.678. The molecule has 0 bridgehead atoms. The van der Waals surface area contributed by atoms with Gasteiger partial charge in [0.15, 0.2) is 0 Å². The molecule has 1 aliphatic heterocycles. The Morgan fingerprint density at radius 1 is 1.00 bits per heavy atom. The maximum absolute atomic E-state index is 12.9. The summed E-state index contributed by atoms with van der Waals surface area (Å²) in [6.45, 7) is 4.42. The maximum Gasteiger partial charge on any atom is 0.277 e. The summed E-state index contributed by atoms with van der Waals surface area (Å²) < 4.78 is 5.54. The van der Waals surface area contributed by atoms with Crippen LogP contribution < -0.4 is 9.64 Å². The average Bonchev–Trinajstić information content (AvgIpc) is 2.84. The number of benzene rings is 2. The first-order valence-corrected chi connectivity index (χ1v) is 8.97. The zero-order valence-electron chi connectivity index (χ0n) is 14.4. The molecule has 0 spiro atoms. The molecule has 0 N–H and O–H groups in total. The van der Waals surface area contributed by atoms with Crippen molar-refractivity contribution in [3.63, 3.8) is 0 Å². The van der Waals surface area contributed by atoms with Crippen molar-refractivity contribution in [3.05, 3.63) is 63.6 Å². The smallest absolute Gasteiger partial charge is 0.277 e. The third-order valence-corrected chi connectivity index (χ3v) is 4.63. The van der Waals surface area contributed by atoms with Gasteiger partial charge in [-0.15, -0.1) is 0 Å². The molecule has 0 saturated heterocycles. The first-order chi connectivity index (χ1) is 12.4. The van der Waals surface area contributed by atoms with Gasteiger partial charge in [-0.1, -0.05) is 42.3 Å². The molecular formula is C20H17Cl2NO3. The number of hydrogen-bond donors (Lipinski definition) is 0. The molecule has 2 amide bonds. The van der Waals surface area contributed by atoms with E-state index in [1.165, 1.54) is 0 Å². The van der Waals surface area contributed by atoms with E-state index in [9.17, 15) is 9.59 Å². The molecule has 0 unspecified atom stereocenters. The summed E-state index contributed by atoms with van der Waals surface area (Å²) >= 11 is 12.2. The van der Waals surface area contributed by atoms with Crippen LogP contribution >= 0.6 is 23.2 Å². The Balaban J connectivity index is 1.94. The van der Waals surface area contributed by atoms with E-state index in [1.54, 1.807) is 49.4 Å². The number of rotatable bonds is 5. The SMILES string of the molecule is CCCOc1ccc(C2=C(Cl)C(=O)N(c3ccc(Cl)cc3C)C2=O)cc1. The molecule has 134 valence electrons. The van der Waals surface area contributed by atoms with Crippen LogP contribution in [0.5, 0.6) is 5.75 Å². The first-order valence-electron chi connectivity index (χ1n) is 8.22. The lowest BCUT2D eigenvalue weighted by atomic mass is 10.1. The zero-order valence-corrected chi connectivity index (χ0v) is 15.9. The van der Waals surface area contributed by atoms with Crippen LogP contribution in [-0.4, -0.2) is 18.4 Å². The van der Waals surface area contributed by atoms with Crippen molar-refractivity contribution in [2.45, 2.75) is 20.3 Å². The van der Waals surface area contributed by atoms with E-state index in [-0.39, 0.29) is 10.6 Å². The lowest BCUT2D eigenvalue weighted by molar-refractivity contribution is -0.119. The van der Waals surface area contributed by atoms with Gasteiger partial charge in [0.25, 0.3) is 11.8 Å². The van der Waals surface area contributed by atoms with Crippen LogP contribution in [0.4, 0.5) is 5.69 Å². The van der Waals surface area contributed by atoms with E-state index in [2.05, 4.69) is 0 Å². The number of carbonyl (C=O) groups excluding carboxylic acids is 2. The van der Waals surface area contributed by atoms with E-state index in [1.807, 2.05) is 6.92 Å². The third-order valence-electron chi connectivity index (χ3n) is 4.04. The Kier molecular flexibility index (Phi) is 5.35. The predicted molar refractivity (Wildman–Crippen MR) is 104 cm³/mol. The van der Waals surface area contributed by atoms with Crippen LogP contribution in [0.2, 0.25) is 5.02 Å². The molecule has 0 aliphatic carbocycles. The summed E-state index contributed by atoms with van der Waals surface area (Å²) in [5.41, 5.74) is 1.95. The third kappa shape index (κ3) is 3.35. The van der Waals surface area contributed by atoms with Crippen molar-refractivity contribution in [2.75, 3.05) is 11.5 Å². The van der Waals surface area contributed by atoms with E-state index in [4.69, 9.17) is 27.9 Å². The summed E-state index contributed by atoms with van der Waals surface area (Å²) in [4.78, 5) is 26.6. The number of aryl methyl sites for hydroxylation is 1. The van der Waals surface area contributed by atoms with Crippen LogP contribution in [0, 0.1) is 6.92 Å². The summed E-state index contributed by atoms with van der Waals surface area (Å²) in [7, 11) is 0. The van der Waals surface area contributed by atoms with Gasteiger partial charge in [-0.05, 0) is 54.8 Å². The summed E-state index contributed by atoms with van der Waals surface area (Å²) in [5, 5.41) is 0.443. The Bertz CT molecular complexity index is 904. The number of nitrogens with zero attached hydrogens (tertiary/aromatic N) is 1. The highest BCUT2D eigenvalue weighted by atomic mass is 35.5. The number of halogens is 2. The molecule has 0 fully saturated rings. The van der Waals surface area contributed by atoms with Gasteiger partial charge in [0.1, 0.15) is 10.8 Å². The predicted octanol–water partition coefficient (Wildman–Crippen LogP) is 4.96. The summed E-state index contributed by atoms with van der Waals surface area (Å²) in [6, 6.07) is 12.0. The minimum absolute atomic E-state index is 0.0911.